The molecule has 10 nitrogen and oxygen atoms in total. The van der Waals surface area contributed by atoms with Crippen molar-refractivity contribution >= 4 is 29.0 Å². The van der Waals surface area contributed by atoms with Crippen molar-refractivity contribution in [2.24, 2.45) is 0 Å². The number of nitrogens with one attached hydrogen (secondary N) is 1. The summed E-state index contributed by atoms with van der Waals surface area (Å²) in [7, 11) is 1.57. The van der Waals surface area contributed by atoms with Gasteiger partial charge in [0.1, 0.15) is 11.4 Å². The highest BCUT2D eigenvalue weighted by molar-refractivity contribution is 7.99. The molecule has 0 atom stereocenters. The molecule has 0 aliphatic heterocycles. The van der Waals surface area contributed by atoms with Gasteiger partial charge < -0.3 is 10.1 Å². The average Bonchev–Trinajstić information content (AvgIpc) is 3.16. The Labute approximate surface area is 164 Å². The first-order valence-corrected chi connectivity index (χ1v) is 9.07. The number of benzene rings is 2. The molecule has 0 unspecified atom stereocenters. The second kappa shape index (κ2) is 8.48. The monoisotopic (exact) mass is 400 g/mol. The van der Waals surface area contributed by atoms with Gasteiger partial charge in [-0.3, -0.25) is 14.9 Å². The zero-order chi connectivity index (χ0) is 20.1. The van der Waals surface area contributed by atoms with E-state index in [9.17, 15) is 14.9 Å². The smallest absolute Gasteiger partial charge is 0.293 e. The summed E-state index contributed by atoms with van der Waals surface area (Å²) in [5.41, 5.74) is 1.44. The minimum absolute atomic E-state index is 0.0123. The molecule has 2 aromatic carbocycles. The number of anilines is 1. The quantitative estimate of drug-likeness (QED) is 0.364. The molecule has 1 aromatic heterocycles. The first-order chi connectivity index (χ1) is 13.5. The van der Waals surface area contributed by atoms with Gasteiger partial charge in [-0.25, -0.2) is 0 Å². The van der Waals surface area contributed by atoms with Crippen LogP contribution in [0.1, 0.15) is 5.56 Å². The summed E-state index contributed by atoms with van der Waals surface area (Å²) in [5, 5.41) is 25.6. The van der Waals surface area contributed by atoms with Crippen molar-refractivity contribution in [3.63, 3.8) is 0 Å². The first-order valence-electron chi connectivity index (χ1n) is 8.08. The van der Waals surface area contributed by atoms with Crippen LogP contribution >= 0.6 is 11.8 Å². The zero-order valence-electron chi connectivity index (χ0n) is 15.0. The number of nitrogens with zero attached hydrogens (tertiary/aromatic N) is 5. The van der Waals surface area contributed by atoms with E-state index in [0.717, 1.165) is 17.3 Å². The van der Waals surface area contributed by atoms with Crippen molar-refractivity contribution in [3.8, 4) is 11.4 Å². The van der Waals surface area contributed by atoms with Crippen LogP contribution in [0.4, 0.5) is 11.4 Å². The molecule has 3 aromatic rings. The van der Waals surface area contributed by atoms with Gasteiger partial charge in [0.05, 0.1) is 23.5 Å². The van der Waals surface area contributed by atoms with E-state index < -0.39 is 10.8 Å². The van der Waals surface area contributed by atoms with Crippen LogP contribution in [-0.4, -0.2) is 43.9 Å². The summed E-state index contributed by atoms with van der Waals surface area (Å²) in [6, 6.07) is 11.7. The molecule has 3 rings (SSSR count). The van der Waals surface area contributed by atoms with E-state index in [0.29, 0.717) is 16.6 Å². The number of nitro benzene ring substituents is 1. The number of tetrazole rings is 1. The summed E-state index contributed by atoms with van der Waals surface area (Å²) in [4.78, 5) is 22.9. The fourth-order valence-electron chi connectivity index (χ4n) is 2.37. The largest absolute Gasteiger partial charge is 0.497 e. The number of thioether (sulfide) groups is 1. The van der Waals surface area contributed by atoms with Gasteiger partial charge in [0.15, 0.2) is 0 Å². The van der Waals surface area contributed by atoms with Crippen molar-refractivity contribution in [1.29, 1.82) is 0 Å². The van der Waals surface area contributed by atoms with Crippen molar-refractivity contribution in [2.45, 2.75) is 12.1 Å². The van der Waals surface area contributed by atoms with Crippen molar-refractivity contribution in [1.82, 2.24) is 20.2 Å². The third-order valence-corrected chi connectivity index (χ3v) is 4.63. The lowest BCUT2D eigenvalue weighted by atomic mass is 10.2. The Morgan fingerprint density at radius 3 is 2.71 bits per heavy atom. The van der Waals surface area contributed by atoms with Crippen LogP contribution < -0.4 is 10.1 Å². The van der Waals surface area contributed by atoms with Gasteiger partial charge in [-0.1, -0.05) is 17.8 Å². The number of hydrogen-bond acceptors (Lipinski definition) is 8. The molecule has 0 fully saturated rings. The van der Waals surface area contributed by atoms with E-state index >= 15 is 0 Å². The van der Waals surface area contributed by atoms with Crippen molar-refractivity contribution < 1.29 is 14.5 Å². The third kappa shape index (κ3) is 4.43. The number of aromatic nitrogens is 4. The highest BCUT2D eigenvalue weighted by Gasteiger charge is 2.17. The molecule has 0 saturated heterocycles. The maximum absolute atomic E-state index is 12.2. The Morgan fingerprint density at radius 1 is 1.29 bits per heavy atom. The molecule has 1 heterocycles. The van der Waals surface area contributed by atoms with Gasteiger partial charge in [-0.2, -0.15) is 4.68 Å². The van der Waals surface area contributed by atoms with Crippen LogP contribution in [0, 0.1) is 17.0 Å². The molecule has 28 heavy (non-hydrogen) atoms. The number of aryl methyl sites for hydroxylation is 1. The SMILES string of the molecule is COc1ccc(-n2nnnc2SCC(=O)Nc2ccc(C)cc2[N+](=O)[O-])cc1. The number of carbonyl (C=O) groups is 1. The van der Waals surface area contributed by atoms with Crippen LogP contribution in [0.5, 0.6) is 5.75 Å². The van der Waals surface area contributed by atoms with E-state index in [1.165, 1.54) is 16.8 Å². The maximum atomic E-state index is 12.2. The lowest BCUT2D eigenvalue weighted by molar-refractivity contribution is -0.384. The summed E-state index contributed by atoms with van der Waals surface area (Å²) in [6.45, 7) is 1.74. The van der Waals surface area contributed by atoms with Crippen LogP contribution in [-0.2, 0) is 4.79 Å². The molecule has 1 amide bonds. The molecule has 144 valence electrons. The van der Waals surface area contributed by atoms with Gasteiger partial charge >= 0.3 is 0 Å². The van der Waals surface area contributed by atoms with E-state index in [4.69, 9.17) is 4.74 Å². The lowest BCUT2D eigenvalue weighted by Crippen LogP contribution is -2.15. The molecule has 11 heteroatoms. The Bertz CT molecular complexity index is 1010. The second-order valence-electron chi connectivity index (χ2n) is 5.69. The molecular weight excluding hydrogens is 384 g/mol. The Morgan fingerprint density at radius 2 is 2.04 bits per heavy atom. The second-order valence-corrected chi connectivity index (χ2v) is 6.63. The van der Waals surface area contributed by atoms with E-state index in [1.807, 2.05) is 0 Å². The molecule has 0 spiro atoms. The van der Waals surface area contributed by atoms with Crippen molar-refractivity contribution in [2.75, 3.05) is 18.2 Å². The Hall–Kier alpha value is -3.47. The minimum atomic E-state index is -0.528. The van der Waals surface area contributed by atoms with Gasteiger partial charge in [0, 0.05) is 6.07 Å². The predicted molar refractivity (Wildman–Crippen MR) is 103 cm³/mol. The maximum Gasteiger partial charge on any atom is 0.293 e. The average molecular weight is 400 g/mol. The third-order valence-electron chi connectivity index (χ3n) is 3.71. The van der Waals surface area contributed by atoms with Crippen molar-refractivity contribution in [3.05, 3.63) is 58.1 Å². The standard InChI is InChI=1S/C17H16N6O4S/c1-11-3-8-14(15(9-11)23(25)26)18-16(24)10-28-17-19-20-21-22(17)12-4-6-13(27-2)7-5-12/h3-9H,10H2,1-2H3,(H,18,24). The van der Waals surface area contributed by atoms with E-state index in [2.05, 4.69) is 20.8 Å². The number of rotatable bonds is 7. The number of nitro groups is 1. The number of amides is 1. The van der Waals surface area contributed by atoms with Gasteiger partial charge in [-0.05, 0) is 53.2 Å². The van der Waals surface area contributed by atoms with Crippen LogP contribution in [0.2, 0.25) is 0 Å². The lowest BCUT2D eigenvalue weighted by Gasteiger charge is -2.07. The fraction of sp³-hybridized carbons (Fsp3) is 0.176. The fourth-order valence-corrected chi connectivity index (χ4v) is 3.06. The van der Waals surface area contributed by atoms with Crippen LogP contribution in [0.25, 0.3) is 5.69 Å². The van der Waals surface area contributed by atoms with E-state index in [-0.39, 0.29) is 17.1 Å². The minimum Gasteiger partial charge on any atom is -0.497 e. The first kappa shape index (κ1) is 19.3. The molecule has 0 aliphatic carbocycles. The number of carbonyl (C=O) groups excluding carboxylic acids is 1. The molecule has 0 bridgehead atoms. The normalized spacial score (nSPS) is 10.5. The Balaban J connectivity index is 1.68. The summed E-state index contributed by atoms with van der Waals surface area (Å²) >= 11 is 1.12. The van der Waals surface area contributed by atoms with Gasteiger partial charge in [0.25, 0.3) is 5.69 Å². The summed E-state index contributed by atoms with van der Waals surface area (Å²) in [6.07, 6.45) is 0. The van der Waals surface area contributed by atoms with Gasteiger partial charge in [0.2, 0.25) is 11.1 Å². The topological polar surface area (TPSA) is 125 Å². The number of hydrogen-bond donors (Lipinski definition) is 1. The van der Waals surface area contributed by atoms with Crippen LogP contribution in [0.15, 0.2) is 47.6 Å². The van der Waals surface area contributed by atoms with Gasteiger partial charge in [-0.15, -0.1) is 5.10 Å². The van der Waals surface area contributed by atoms with Crippen LogP contribution in [0.3, 0.4) is 0 Å². The molecular formula is C17H16N6O4S. The highest BCUT2D eigenvalue weighted by Crippen LogP contribution is 2.26. The Kier molecular flexibility index (Phi) is 5.84. The molecule has 1 N–H and O–H groups in total. The molecule has 0 radical (unpaired) electrons. The number of methoxy groups -OCH3 is 1. The highest BCUT2D eigenvalue weighted by atomic mass is 32.2. The molecule has 0 aliphatic rings. The number of ether oxygens (including phenoxy) is 1. The predicted octanol–water partition coefficient (Wildman–Crippen LogP) is 2.62. The molecule has 0 saturated carbocycles. The summed E-state index contributed by atoms with van der Waals surface area (Å²) in [5.74, 6) is 0.285. The summed E-state index contributed by atoms with van der Waals surface area (Å²) < 4.78 is 6.61. The zero-order valence-corrected chi connectivity index (χ0v) is 15.8. The van der Waals surface area contributed by atoms with E-state index in [1.54, 1.807) is 44.4 Å².